The Morgan fingerprint density at radius 1 is 1.08 bits per heavy atom. The van der Waals surface area contributed by atoms with Gasteiger partial charge in [0.25, 0.3) is 0 Å². The second-order valence-corrected chi connectivity index (χ2v) is 5.78. The lowest BCUT2D eigenvalue weighted by molar-refractivity contribution is 0.503. The van der Waals surface area contributed by atoms with Gasteiger partial charge in [-0.2, -0.15) is 5.10 Å². The van der Waals surface area contributed by atoms with Crippen LogP contribution in [-0.4, -0.2) is 9.78 Å². The molecule has 0 aliphatic rings. The van der Waals surface area contributed by atoms with Gasteiger partial charge in [-0.25, -0.2) is 13.5 Å². The SMILES string of the molecule is Cc1c(C(C)NCc2ccc(F)c(F)c2)cnn1-c1ccccc1. The Labute approximate surface area is 139 Å². The van der Waals surface area contributed by atoms with Crippen molar-refractivity contribution in [1.29, 1.82) is 0 Å². The monoisotopic (exact) mass is 327 g/mol. The Kier molecular flexibility index (Phi) is 4.71. The van der Waals surface area contributed by atoms with E-state index in [1.807, 2.05) is 55.1 Å². The minimum absolute atomic E-state index is 0.0376. The summed E-state index contributed by atoms with van der Waals surface area (Å²) in [5.74, 6) is -1.65. The zero-order valence-electron chi connectivity index (χ0n) is 13.6. The van der Waals surface area contributed by atoms with E-state index in [9.17, 15) is 8.78 Å². The number of nitrogens with one attached hydrogen (secondary N) is 1. The lowest BCUT2D eigenvalue weighted by Gasteiger charge is -2.14. The number of benzene rings is 2. The molecule has 2 aromatic carbocycles. The number of hydrogen-bond donors (Lipinski definition) is 1. The maximum atomic E-state index is 13.3. The second kappa shape index (κ2) is 6.93. The summed E-state index contributed by atoms with van der Waals surface area (Å²) in [6.07, 6.45) is 1.84. The van der Waals surface area contributed by atoms with Gasteiger partial charge < -0.3 is 5.32 Å². The summed E-state index contributed by atoms with van der Waals surface area (Å²) in [6.45, 7) is 4.50. The summed E-state index contributed by atoms with van der Waals surface area (Å²) < 4.78 is 28.1. The fourth-order valence-electron chi connectivity index (χ4n) is 2.71. The molecule has 0 saturated carbocycles. The van der Waals surface area contributed by atoms with Crippen molar-refractivity contribution in [3.63, 3.8) is 0 Å². The molecule has 0 radical (unpaired) electrons. The highest BCUT2D eigenvalue weighted by atomic mass is 19.2. The molecule has 5 heteroatoms. The predicted octanol–water partition coefficient (Wildman–Crippen LogP) is 4.31. The Balaban J connectivity index is 1.72. The van der Waals surface area contributed by atoms with Crippen LogP contribution in [0.25, 0.3) is 5.69 Å². The molecular weight excluding hydrogens is 308 g/mol. The van der Waals surface area contributed by atoms with E-state index in [0.717, 1.165) is 23.0 Å². The zero-order chi connectivity index (χ0) is 17.1. The molecule has 1 aromatic heterocycles. The molecule has 124 valence electrons. The van der Waals surface area contributed by atoms with Crippen LogP contribution in [0.1, 0.15) is 29.8 Å². The molecule has 24 heavy (non-hydrogen) atoms. The molecule has 1 heterocycles. The maximum absolute atomic E-state index is 13.3. The molecular formula is C19H19F2N3. The minimum atomic E-state index is -0.827. The average Bonchev–Trinajstić information content (AvgIpc) is 2.98. The van der Waals surface area contributed by atoms with Gasteiger partial charge in [0.1, 0.15) is 0 Å². The highest BCUT2D eigenvalue weighted by Gasteiger charge is 2.14. The number of hydrogen-bond acceptors (Lipinski definition) is 2. The first-order valence-corrected chi connectivity index (χ1v) is 7.83. The molecule has 3 aromatic rings. The van der Waals surface area contributed by atoms with E-state index in [1.54, 1.807) is 6.07 Å². The Morgan fingerprint density at radius 2 is 1.83 bits per heavy atom. The molecule has 0 saturated heterocycles. The average molecular weight is 327 g/mol. The van der Waals surface area contributed by atoms with Gasteiger partial charge in [-0.05, 0) is 43.7 Å². The minimum Gasteiger partial charge on any atom is -0.306 e. The van der Waals surface area contributed by atoms with E-state index in [1.165, 1.54) is 6.07 Å². The summed E-state index contributed by atoms with van der Waals surface area (Å²) in [5, 5.41) is 7.78. The van der Waals surface area contributed by atoms with Crippen LogP contribution in [0.5, 0.6) is 0 Å². The Morgan fingerprint density at radius 3 is 2.54 bits per heavy atom. The third-order valence-corrected chi connectivity index (χ3v) is 4.11. The zero-order valence-corrected chi connectivity index (χ0v) is 13.6. The van der Waals surface area contributed by atoms with E-state index >= 15 is 0 Å². The van der Waals surface area contributed by atoms with Crippen LogP contribution in [0.4, 0.5) is 8.78 Å². The summed E-state index contributed by atoms with van der Waals surface area (Å²) in [5.41, 5.74) is 3.83. The van der Waals surface area contributed by atoms with Gasteiger partial charge in [0.15, 0.2) is 11.6 Å². The molecule has 0 fully saturated rings. The van der Waals surface area contributed by atoms with E-state index in [4.69, 9.17) is 0 Å². The Bertz CT molecular complexity index is 828. The number of nitrogens with zero attached hydrogens (tertiary/aromatic N) is 2. The normalized spacial score (nSPS) is 12.3. The van der Waals surface area contributed by atoms with Gasteiger partial charge in [0.2, 0.25) is 0 Å². The van der Waals surface area contributed by atoms with Crippen molar-refractivity contribution in [3.05, 3.63) is 83.2 Å². The third-order valence-electron chi connectivity index (χ3n) is 4.11. The van der Waals surface area contributed by atoms with Crippen LogP contribution in [0.2, 0.25) is 0 Å². The van der Waals surface area contributed by atoms with Gasteiger partial charge in [-0.15, -0.1) is 0 Å². The number of rotatable bonds is 5. The van der Waals surface area contributed by atoms with Crippen molar-refractivity contribution in [2.75, 3.05) is 0 Å². The molecule has 1 unspecified atom stereocenters. The second-order valence-electron chi connectivity index (χ2n) is 5.78. The van der Waals surface area contributed by atoms with Crippen LogP contribution < -0.4 is 5.32 Å². The highest BCUT2D eigenvalue weighted by molar-refractivity contribution is 5.35. The first-order valence-electron chi connectivity index (χ1n) is 7.83. The van der Waals surface area contributed by atoms with Crippen molar-refractivity contribution in [2.45, 2.75) is 26.4 Å². The van der Waals surface area contributed by atoms with Crippen LogP contribution in [0.15, 0.2) is 54.7 Å². The summed E-state index contributed by atoms with van der Waals surface area (Å²) in [7, 11) is 0. The summed E-state index contributed by atoms with van der Waals surface area (Å²) in [6, 6.07) is 13.9. The molecule has 0 aliphatic carbocycles. The lowest BCUT2D eigenvalue weighted by Crippen LogP contribution is -2.18. The standard InChI is InChI=1S/C19H19F2N3/c1-13(22-11-15-8-9-18(20)19(21)10-15)17-12-23-24(14(17)2)16-6-4-3-5-7-16/h3-10,12-13,22H,11H2,1-2H3. The fourth-order valence-corrected chi connectivity index (χ4v) is 2.71. The van der Waals surface area contributed by atoms with E-state index in [2.05, 4.69) is 10.4 Å². The van der Waals surface area contributed by atoms with Crippen molar-refractivity contribution >= 4 is 0 Å². The van der Waals surface area contributed by atoms with Crippen LogP contribution >= 0.6 is 0 Å². The number of para-hydroxylation sites is 1. The van der Waals surface area contributed by atoms with Crippen LogP contribution in [0, 0.1) is 18.6 Å². The van der Waals surface area contributed by atoms with Gasteiger partial charge >= 0.3 is 0 Å². The van der Waals surface area contributed by atoms with Gasteiger partial charge in [-0.3, -0.25) is 0 Å². The smallest absolute Gasteiger partial charge is 0.159 e. The number of halogens is 2. The largest absolute Gasteiger partial charge is 0.306 e. The molecule has 0 aliphatic heterocycles. The topological polar surface area (TPSA) is 29.9 Å². The Hall–Kier alpha value is -2.53. The van der Waals surface area contributed by atoms with Crippen molar-refractivity contribution < 1.29 is 8.78 Å². The van der Waals surface area contributed by atoms with Crippen molar-refractivity contribution in [1.82, 2.24) is 15.1 Å². The number of aromatic nitrogens is 2. The molecule has 1 N–H and O–H groups in total. The predicted molar refractivity (Wildman–Crippen MR) is 89.9 cm³/mol. The molecule has 1 atom stereocenters. The lowest BCUT2D eigenvalue weighted by atomic mass is 10.1. The van der Waals surface area contributed by atoms with Crippen LogP contribution in [0.3, 0.4) is 0 Å². The maximum Gasteiger partial charge on any atom is 0.159 e. The fraction of sp³-hybridized carbons (Fsp3) is 0.211. The van der Waals surface area contributed by atoms with E-state index in [0.29, 0.717) is 12.1 Å². The molecule has 0 spiro atoms. The van der Waals surface area contributed by atoms with Gasteiger partial charge in [0.05, 0.1) is 11.9 Å². The molecule has 3 nitrogen and oxygen atoms in total. The molecule has 3 rings (SSSR count). The summed E-state index contributed by atoms with van der Waals surface area (Å²) >= 11 is 0. The van der Waals surface area contributed by atoms with E-state index < -0.39 is 11.6 Å². The first-order chi connectivity index (χ1) is 11.6. The first kappa shape index (κ1) is 16.3. The van der Waals surface area contributed by atoms with Crippen molar-refractivity contribution in [3.8, 4) is 5.69 Å². The third kappa shape index (κ3) is 3.36. The highest BCUT2D eigenvalue weighted by Crippen LogP contribution is 2.20. The quantitative estimate of drug-likeness (QED) is 0.757. The molecule has 0 bridgehead atoms. The van der Waals surface area contributed by atoms with Gasteiger partial charge in [-0.1, -0.05) is 24.3 Å². The molecule has 0 amide bonds. The summed E-state index contributed by atoms with van der Waals surface area (Å²) in [4.78, 5) is 0. The van der Waals surface area contributed by atoms with Crippen LogP contribution in [-0.2, 0) is 6.54 Å². The van der Waals surface area contributed by atoms with Crippen molar-refractivity contribution in [2.24, 2.45) is 0 Å². The van der Waals surface area contributed by atoms with E-state index in [-0.39, 0.29) is 6.04 Å². The van der Waals surface area contributed by atoms with Gasteiger partial charge in [0, 0.05) is 23.8 Å².